The van der Waals surface area contributed by atoms with E-state index in [1.165, 1.54) is 0 Å². The number of urea groups is 1. The van der Waals surface area contributed by atoms with Crippen LogP contribution in [0.15, 0.2) is 48.5 Å². The lowest BCUT2D eigenvalue weighted by Crippen LogP contribution is -2.54. The number of halogens is 2. The van der Waals surface area contributed by atoms with Crippen molar-refractivity contribution in [2.75, 3.05) is 19.6 Å². The molecule has 2 atom stereocenters. The molecular weight excluding hydrogens is 437 g/mol. The van der Waals surface area contributed by atoms with Crippen LogP contribution < -0.4 is 11.1 Å². The van der Waals surface area contributed by atoms with Crippen LogP contribution in [0, 0.1) is 5.92 Å². The maximum Gasteiger partial charge on any atom is 0.314 e. The Labute approximate surface area is 191 Å². The summed E-state index contributed by atoms with van der Waals surface area (Å²) in [7, 11) is 0. The first-order valence-electron chi connectivity index (χ1n) is 10.3. The summed E-state index contributed by atoms with van der Waals surface area (Å²) in [4.78, 5) is 26.2. The number of nitrogens with zero attached hydrogens (tertiary/aromatic N) is 1. The molecular formula is C23H25Cl2N3O3. The van der Waals surface area contributed by atoms with Gasteiger partial charge in [-0.25, -0.2) is 4.79 Å². The molecule has 0 spiro atoms. The van der Waals surface area contributed by atoms with Gasteiger partial charge in [0, 0.05) is 19.6 Å². The van der Waals surface area contributed by atoms with Crippen LogP contribution in [0.25, 0.3) is 0 Å². The van der Waals surface area contributed by atoms with Gasteiger partial charge in [-0.15, -0.1) is 0 Å². The molecule has 2 amide bonds. The largest absolute Gasteiger partial charge is 0.481 e. The lowest BCUT2D eigenvalue weighted by Gasteiger charge is -2.42. The summed E-state index contributed by atoms with van der Waals surface area (Å²) < 4.78 is 0. The maximum atomic E-state index is 12.2. The lowest BCUT2D eigenvalue weighted by atomic mass is 9.80. The molecule has 2 aliphatic rings. The summed E-state index contributed by atoms with van der Waals surface area (Å²) in [6, 6.07) is 14.4. The van der Waals surface area contributed by atoms with Crippen LogP contribution in [-0.2, 0) is 15.7 Å². The number of hydrogen-bond acceptors (Lipinski definition) is 3. The number of rotatable bonds is 6. The topological polar surface area (TPSA) is 95.7 Å². The van der Waals surface area contributed by atoms with Gasteiger partial charge in [-0.2, -0.15) is 0 Å². The number of carboxylic acid groups (broad SMARTS) is 1. The number of amides is 2. The highest BCUT2D eigenvalue weighted by Gasteiger charge is 2.62. The minimum Gasteiger partial charge on any atom is -0.481 e. The van der Waals surface area contributed by atoms with E-state index in [0.717, 1.165) is 18.7 Å². The van der Waals surface area contributed by atoms with E-state index in [1.54, 1.807) is 18.2 Å². The van der Waals surface area contributed by atoms with Gasteiger partial charge < -0.3 is 21.1 Å². The Hall–Kier alpha value is -2.28. The molecule has 6 nitrogen and oxygen atoms in total. The first-order valence-corrected chi connectivity index (χ1v) is 11.1. The molecule has 164 valence electrons. The molecule has 2 fully saturated rings. The zero-order chi connectivity index (χ0) is 22.2. The Morgan fingerprint density at radius 1 is 1.06 bits per heavy atom. The molecule has 0 unspecified atom stereocenters. The van der Waals surface area contributed by atoms with Gasteiger partial charge in [-0.1, -0.05) is 59.6 Å². The van der Waals surface area contributed by atoms with Crippen molar-refractivity contribution in [3.8, 4) is 0 Å². The van der Waals surface area contributed by atoms with Gasteiger partial charge in [-0.3, -0.25) is 4.79 Å². The molecule has 0 aromatic heterocycles. The molecule has 4 rings (SSSR count). The minimum absolute atomic E-state index is 0.00410. The molecule has 1 saturated carbocycles. The monoisotopic (exact) mass is 461 g/mol. The van der Waals surface area contributed by atoms with E-state index < -0.39 is 23.0 Å². The Morgan fingerprint density at radius 2 is 1.74 bits per heavy atom. The Bertz CT molecular complexity index is 993. The second-order valence-corrected chi connectivity index (χ2v) is 9.36. The summed E-state index contributed by atoms with van der Waals surface area (Å²) in [6.07, 6.45) is 1.99. The van der Waals surface area contributed by atoms with Crippen LogP contribution >= 0.6 is 23.2 Å². The van der Waals surface area contributed by atoms with E-state index in [0.29, 0.717) is 41.4 Å². The molecule has 1 aliphatic heterocycles. The average Bonchev–Trinajstić information content (AvgIpc) is 3.47. The molecule has 2 aromatic rings. The zero-order valence-corrected chi connectivity index (χ0v) is 18.5. The number of carbonyl (C=O) groups excluding carboxylic acids is 1. The van der Waals surface area contributed by atoms with Crippen LogP contribution in [0.2, 0.25) is 10.0 Å². The van der Waals surface area contributed by atoms with Crippen LogP contribution in [0.1, 0.15) is 30.4 Å². The van der Waals surface area contributed by atoms with Crippen LogP contribution in [-0.4, -0.2) is 41.6 Å². The highest BCUT2D eigenvalue weighted by Crippen LogP contribution is 2.55. The van der Waals surface area contributed by atoms with Gasteiger partial charge in [0.1, 0.15) is 0 Å². The second-order valence-electron chi connectivity index (χ2n) is 8.54. The van der Waals surface area contributed by atoms with Gasteiger partial charge in [-0.05, 0) is 48.4 Å². The fourth-order valence-electron chi connectivity index (χ4n) is 4.97. The first-order chi connectivity index (χ1) is 14.8. The predicted molar refractivity (Wildman–Crippen MR) is 120 cm³/mol. The fourth-order valence-corrected chi connectivity index (χ4v) is 5.27. The predicted octanol–water partition coefficient (Wildman–Crippen LogP) is 4.00. The molecule has 31 heavy (non-hydrogen) atoms. The van der Waals surface area contributed by atoms with Crippen molar-refractivity contribution in [2.24, 2.45) is 11.7 Å². The number of likely N-dealkylation sites (tertiary alicyclic amines) is 1. The summed E-state index contributed by atoms with van der Waals surface area (Å²) in [5.41, 5.74) is 5.79. The number of carboxylic acids is 1. The minimum atomic E-state index is -0.923. The van der Waals surface area contributed by atoms with Crippen molar-refractivity contribution in [1.82, 2.24) is 10.2 Å². The summed E-state index contributed by atoms with van der Waals surface area (Å²) >= 11 is 12.2. The molecule has 0 radical (unpaired) electrons. The maximum absolute atomic E-state index is 12.2. The standard InChI is InChI=1S/C23H25Cl2N3O3/c24-18-7-6-16(12-19(18)25)23(20(29)30)13-17(23)14-28-10-8-22(9-11-28,27-21(26)31)15-4-2-1-3-5-15/h1-7,12,17H,8-11,13-14H2,(H,29,30)(H3,26,27,31)/t17-,23+/m0/s1. The second kappa shape index (κ2) is 8.34. The van der Waals surface area contributed by atoms with Crippen molar-refractivity contribution in [3.05, 3.63) is 69.7 Å². The van der Waals surface area contributed by atoms with Gasteiger partial charge in [0.25, 0.3) is 0 Å². The van der Waals surface area contributed by atoms with E-state index in [4.69, 9.17) is 28.9 Å². The van der Waals surface area contributed by atoms with E-state index in [9.17, 15) is 14.7 Å². The molecule has 8 heteroatoms. The molecule has 0 bridgehead atoms. The fraction of sp³-hybridized carbons (Fsp3) is 0.391. The van der Waals surface area contributed by atoms with E-state index in [-0.39, 0.29) is 5.92 Å². The highest BCUT2D eigenvalue weighted by atomic mass is 35.5. The van der Waals surface area contributed by atoms with E-state index >= 15 is 0 Å². The average molecular weight is 462 g/mol. The number of aliphatic carboxylic acids is 1. The van der Waals surface area contributed by atoms with Crippen LogP contribution in [0.4, 0.5) is 4.79 Å². The summed E-state index contributed by atoms with van der Waals surface area (Å²) in [5.74, 6) is -0.836. The van der Waals surface area contributed by atoms with Gasteiger partial charge in [0.2, 0.25) is 0 Å². The van der Waals surface area contributed by atoms with Crippen molar-refractivity contribution in [1.29, 1.82) is 0 Å². The number of primary amides is 1. The Kier molecular flexibility index (Phi) is 5.90. The first kappa shape index (κ1) is 21.9. The third-order valence-corrected chi connectivity index (χ3v) is 7.54. The lowest BCUT2D eigenvalue weighted by molar-refractivity contribution is -0.140. The van der Waals surface area contributed by atoms with Gasteiger partial charge in [0.15, 0.2) is 0 Å². The number of carbonyl (C=O) groups is 2. The van der Waals surface area contributed by atoms with E-state index in [2.05, 4.69) is 10.2 Å². The molecule has 1 heterocycles. The molecule has 2 aromatic carbocycles. The molecule has 1 saturated heterocycles. The van der Waals surface area contributed by atoms with Gasteiger partial charge >= 0.3 is 12.0 Å². The highest BCUT2D eigenvalue weighted by molar-refractivity contribution is 6.42. The van der Waals surface area contributed by atoms with Crippen molar-refractivity contribution in [2.45, 2.75) is 30.2 Å². The number of nitrogens with two attached hydrogens (primary N) is 1. The molecule has 1 aliphatic carbocycles. The van der Waals surface area contributed by atoms with Crippen LogP contribution in [0.5, 0.6) is 0 Å². The van der Waals surface area contributed by atoms with Crippen molar-refractivity contribution in [3.63, 3.8) is 0 Å². The van der Waals surface area contributed by atoms with E-state index in [1.807, 2.05) is 30.3 Å². The normalized spacial score (nSPS) is 25.0. The van der Waals surface area contributed by atoms with Gasteiger partial charge in [0.05, 0.1) is 21.0 Å². The number of hydrogen-bond donors (Lipinski definition) is 3. The van der Waals surface area contributed by atoms with Crippen molar-refractivity contribution < 1.29 is 14.7 Å². The smallest absolute Gasteiger partial charge is 0.314 e. The molecule has 4 N–H and O–H groups in total. The zero-order valence-electron chi connectivity index (χ0n) is 17.0. The Morgan fingerprint density at radius 3 is 2.32 bits per heavy atom. The van der Waals surface area contributed by atoms with Crippen molar-refractivity contribution >= 4 is 35.2 Å². The summed E-state index contributed by atoms with van der Waals surface area (Å²) in [5, 5.41) is 13.7. The third-order valence-electron chi connectivity index (χ3n) is 6.80. The number of nitrogens with one attached hydrogen (secondary N) is 1. The van der Waals surface area contributed by atoms with Crippen LogP contribution in [0.3, 0.4) is 0 Å². The Balaban J connectivity index is 1.46. The quantitative estimate of drug-likeness (QED) is 0.605. The number of piperidine rings is 1. The third kappa shape index (κ3) is 4.12. The number of benzene rings is 2. The summed E-state index contributed by atoms with van der Waals surface area (Å²) in [6.45, 7) is 2.15. The SMILES string of the molecule is NC(=O)NC1(c2ccccc2)CCN(C[C@@H]2C[C@@]2(C(=O)O)c2ccc(Cl)c(Cl)c2)CC1.